The lowest BCUT2D eigenvalue weighted by Gasteiger charge is -2.20. The van der Waals surface area contributed by atoms with E-state index in [4.69, 9.17) is 23.2 Å². The lowest BCUT2D eigenvalue weighted by Crippen LogP contribution is -2.18. The molecule has 0 aromatic heterocycles. The molecule has 0 saturated carbocycles. The minimum atomic E-state index is -0.282. The molecule has 2 aromatic carbocycles. The first-order valence-electron chi connectivity index (χ1n) is 5.50. The van der Waals surface area contributed by atoms with Crippen molar-refractivity contribution >= 4 is 23.2 Å². The van der Waals surface area contributed by atoms with E-state index < -0.39 is 0 Å². The zero-order valence-electron chi connectivity index (χ0n) is 9.75. The number of hydrogen-bond acceptors (Lipinski definition) is 1. The second kappa shape index (κ2) is 5.70. The molecule has 0 bridgehead atoms. The lowest BCUT2D eigenvalue weighted by molar-refractivity contribution is 0.617. The van der Waals surface area contributed by atoms with Gasteiger partial charge in [-0.2, -0.15) is 0 Å². The summed E-state index contributed by atoms with van der Waals surface area (Å²) in [5.74, 6) is -0.282. The van der Waals surface area contributed by atoms with Crippen LogP contribution in [-0.2, 0) is 0 Å². The number of benzene rings is 2. The van der Waals surface area contributed by atoms with Crippen molar-refractivity contribution in [1.82, 2.24) is 5.32 Å². The van der Waals surface area contributed by atoms with Gasteiger partial charge in [-0.25, -0.2) is 4.39 Å². The molecule has 0 radical (unpaired) electrons. The fourth-order valence-corrected chi connectivity index (χ4v) is 2.57. The van der Waals surface area contributed by atoms with Crippen LogP contribution >= 0.6 is 23.2 Å². The van der Waals surface area contributed by atoms with Gasteiger partial charge in [0.2, 0.25) is 0 Å². The summed E-state index contributed by atoms with van der Waals surface area (Å²) in [5, 5.41) is 4.23. The van der Waals surface area contributed by atoms with Crippen LogP contribution in [0, 0.1) is 5.82 Å². The molecule has 0 fully saturated rings. The van der Waals surface area contributed by atoms with Crippen LogP contribution in [0.15, 0.2) is 42.5 Å². The fourth-order valence-electron chi connectivity index (χ4n) is 1.95. The molecular weight excluding hydrogens is 272 g/mol. The van der Waals surface area contributed by atoms with Crippen LogP contribution in [0.1, 0.15) is 17.2 Å². The Morgan fingerprint density at radius 2 is 1.67 bits per heavy atom. The molecule has 2 aromatic rings. The zero-order valence-corrected chi connectivity index (χ0v) is 11.3. The van der Waals surface area contributed by atoms with Crippen molar-refractivity contribution in [3.05, 3.63) is 69.5 Å². The van der Waals surface area contributed by atoms with E-state index in [0.29, 0.717) is 10.0 Å². The standard InChI is InChI=1S/C14H12Cl2FN/c1-18-14(9-4-2-5-10(17)8-9)13-11(15)6-3-7-12(13)16/h2-8,14,18H,1H3. The van der Waals surface area contributed by atoms with Crippen LogP contribution in [-0.4, -0.2) is 7.05 Å². The van der Waals surface area contributed by atoms with Gasteiger partial charge in [-0.3, -0.25) is 0 Å². The summed E-state index contributed by atoms with van der Waals surface area (Å²) < 4.78 is 13.3. The maximum Gasteiger partial charge on any atom is 0.123 e. The van der Waals surface area contributed by atoms with Crippen molar-refractivity contribution < 1.29 is 4.39 Å². The van der Waals surface area contributed by atoms with Crippen molar-refractivity contribution in [3.8, 4) is 0 Å². The van der Waals surface area contributed by atoms with Crippen LogP contribution < -0.4 is 5.32 Å². The van der Waals surface area contributed by atoms with Gasteiger partial charge >= 0.3 is 0 Å². The maximum atomic E-state index is 13.3. The average molecular weight is 284 g/mol. The molecule has 0 saturated heterocycles. The van der Waals surface area contributed by atoms with Crippen LogP contribution in [0.25, 0.3) is 0 Å². The minimum absolute atomic E-state index is 0.234. The summed E-state index contributed by atoms with van der Waals surface area (Å²) in [6.45, 7) is 0. The lowest BCUT2D eigenvalue weighted by atomic mass is 9.98. The Labute approximate surface area is 116 Å². The molecule has 1 N–H and O–H groups in total. The molecule has 4 heteroatoms. The largest absolute Gasteiger partial charge is 0.309 e. The van der Waals surface area contributed by atoms with E-state index in [1.165, 1.54) is 12.1 Å². The molecule has 1 atom stereocenters. The Bertz CT molecular complexity index is 537. The molecular formula is C14H12Cl2FN. The molecule has 94 valence electrons. The Balaban J connectivity index is 2.52. The summed E-state index contributed by atoms with van der Waals surface area (Å²) in [6.07, 6.45) is 0. The first-order valence-corrected chi connectivity index (χ1v) is 6.25. The zero-order chi connectivity index (χ0) is 13.1. The van der Waals surface area contributed by atoms with Crippen molar-refractivity contribution in [2.75, 3.05) is 7.05 Å². The van der Waals surface area contributed by atoms with Gasteiger partial charge in [0.15, 0.2) is 0 Å². The van der Waals surface area contributed by atoms with Gasteiger partial charge in [-0.1, -0.05) is 41.4 Å². The number of hydrogen-bond donors (Lipinski definition) is 1. The van der Waals surface area contributed by atoms with E-state index in [1.54, 1.807) is 31.3 Å². The number of rotatable bonds is 3. The van der Waals surface area contributed by atoms with Crippen LogP contribution in [0.2, 0.25) is 10.0 Å². The fraction of sp³-hybridized carbons (Fsp3) is 0.143. The van der Waals surface area contributed by atoms with Crippen molar-refractivity contribution in [1.29, 1.82) is 0 Å². The molecule has 0 heterocycles. The molecule has 0 spiro atoms. The van der Waals surface area contributed by atoms with Gasteiger partial charge in [-0.15, -0.1) is 0 Å². The highest BCUT2D eigenvalue weighted by molar-refractivity contribution is 6.36. The van der Waals surface area contributed by atoms with Crippen molar-refractivity contribution in [2.24, 2.45) is 0 Å². The summed E-state index contributed by atoms with van der Waals surface area (Å²) in [5.41, 5.74) is 1.54. The van der Waals surface area contributed by atoms with E-state index in [9.17, 15) is 4.39 Å². The molecule has 0 amide bonds. The second-order valence-corrected chi connectivity index (χ2v) is 4.73. The first-order chi connectivity index (χ1) is 8.63. The van der Waals surface area contributed by atoms with Crippen molar-refractivity contribution in [3.63, 3.8) is 0 Å². The third kappa shape index (κ3) is 2.66. The predicted molar refractivity (Wildman–Crippen MR) is 73.8 cm³/mol. The first kappa shape index (κ1) is 13.3. The van der Waals surface area contributed by atoms with E-state index in [2.05, 4.69) is 5.32 Å². The normalized spacial score (nSPS) is 12.4. The second-order valence-electron chi connectivity index (χ2n) is 3.91. The molecule has 1 nitrogen and oxygen atoms in total. The molecule has 18 heavy (non-hydrogen) atoms. The van der Waals surface area contributed by atoms with Gasteiger partial charge in [0.25, 0.3) is 0 Å². The minimum Gasteiger partial charge on any atom is -0.309 e. The molecule has 0 aliphatic heterocycles. The summed E-state index contributed by atoms with van der Waals surface area (Å²) in [7, 11) is 1.79. The van der Waals surface area contributed by atoms with Gasteiger partial charge in [0, 0.05) is 15.6 Å². The summed E-state index contributed by atoms with van der Waals surface area (Å²) >= 11 is 12.3. The highest BCUT2D eigenvalue weighted by Crippen LogP contribution is 2.33. The van der Waals surface area contributed by atoms with Gasteiger partial charge in [0.05, 0.1) is 6.04 Å². The molecule has 0 aliphatic rings. The van der Waals surface area contributed by atoms with Gasteiger partial charge < -0.3 is 5.32 Å². The number of nitrogens with one attached hydrogen (secondary N) is 1. The SMILES string of the molecule is CNC(c1cccc(F)c1)c1c(Cl)cccc1Cl. The Morgan fingerprint density at radius 1 is 1.06 bits per heavy atom. The Hall–Kier alpha value is -1.09. The van der Waals surface area contributed by atoms with E-state index in [0.717, 1.165) is 11.1 Å². The molecule has 2 rings (SSSR count). The molecule has 0 aliphatic carbocycles. The average Bonchev–Trinajstić information content (AvgIpc) is 2.34. The van der Waals surface area contributed by atoms with Crippen LogP contribution in [0.3, 0.4) is 0 Å². The third-order valence-electron chi connectivity index (χ3n) is 2.76. The third-order valence-corrected chi connectivity index (χ3v) is 3.42. The van der Waals surface area contributed by atoms with E-state index in [1.807, 2.05) is 6.07 Å². The smallest absolute Gasteiger partial charge is 0.123 e. The monoisotopic (exact) mass is 283 g/mol. The number of halogens is 3. The topological polar surface area (TPSA) is 12.0 Å². The maximum absolute atomic E-state index is 13.3. The van der Waals surface area contributed by atoms with Gasteiger partial charge in [0.1, 0.15) is 5.82 Å². The van der Waals surface area contributed by atoms with E-state index >= 15 is 0 Å². The quantitative estimate of drug-likeness (QED) is 0.878. The van der Waals surface area contributed by atoms with Crippen molar-refractivity contribution in [2.45, 2.75) is 6.04 Å². The van der Waals surface area contributed by atoms with Crippen LogP contribution in [0.4, 0.5) is 4.39 Å². The Kier molecular flexibility index (Phi) is 4.23. The molecule has 1 unspecified atom stereocenters. The Morgan fingerprint density at radius 3 is 2.22 bits per heavy atom. The highest BCUT2D eigenvalue weighted by atomic mass is 35.5. The van der Waals surface area contributed by atoms with Gasteiger partial charge in [-0.05, 0) is 36.9 Å². The highest BCUT2D eigenvalue weighted by Gasteiger charge is 2.18. The summed E-state index contributed by atoms with van der Waals surface area (Å²) in [4.78, 5) is 0. The van der Waals surface area contributed by atoms with E-state index in [-0.39, 0.29) is 11.9 Å². The summed E-state index contributed by atoms with van der Waals surface area (Å²) in [6, 6.07) is 11.5. The predicted octanol–water partition coefficient (Wildman–Crippen LogP) is 4.44. The van der Waals surface area contributed by atoms with Crippen LogP contribution in [0.5, 0.6) is 0 Å².